The molecule has 0 amide bonds. The summed E-state index contributed by atoms with van der Waals surface area (Å²) in [6.07, 6.45) is 0.0658. The maximum absolute atomic E-state index is 6.03. The zero-order chi connectivity index (χ0) is 20.7. The number of ether oxygens (including phenoxy) is 4. The average Bonchev–Trinajstić information content (AvgIpc) is 2.71. The van der Waals surface area contributed by atoms with E-state index in [1.54, 1.807) is 21.3 Å². The van der Waals surface area contributed by atoms with Crippen LogP contribution in [0.1, 0.15) is 19.4 Å². The van der Waals surface area contributed by atoms with Crippen molar-refractivity contribution in [2.75, 3.05) is 33.3 Å². The zero-order valence-corrected chi connectivity index (χ0v) is 17.8. The SMILES string of the molecule is COc1cc2ccc3c(c2cc1OC(C)C)N(C)Cc1c-3ccc(OC)c1OC. The summed E-state index contributed by atoms with van der Waals surface area (Å²) >= 11 is 0. The Morgan fingerprint density at radius 3 is 2.21 bits per heavy atom. The molecule has 0 saturated heterocycles. The van der Waals surface area contributed by atoms with Crippen LogP contribution in [0, 0.1) is 0 Å². The number of benzene rings is 3. The van der Waals surface area contributed by atoms with Gasteiger partial charge in [0.2, 0.25) is 0 Å². The van der Waals surface area contributed by atoms with Crippen molar-refractivity contribution in [3.63, 3.8) is 0 Å². The van der Waals surface area contributed by atoms with Gasteiger partial charge in [0.05, 0.1) is 33.1 Å². The summed E-state index contributed by atoms with van der Waals surface area (Å²) in [6.45, 7) is 4.77. The predicted molar refractivity (Wildman–Crippen MR) is 117 cm³/mol. The topological polar surface area (TPSA) is 40.2 Å². The molecule has 1 aliphatic heterocycles. The quantitative estimate of drug-likeness (QED) is 0.591. The summed E-state index contributed by atoms with van der Waals surface area (Å²) in [5, 5.41) is 2.26. The van der Waals surface area contributed by atoms with Gasteiger partial charge >= 0.3 is 0 Å². The fourth-order valence-corrected chi connectivity index (χ4v) is 4.17. The second-order valence-corrected chi connectivity index (χ2v) is 7.54. The van der Waals surface area contributed by atoms with E-state index in [0.717, 1.165) is 45.9 Å². The first-order chi connectivity index (χ1) is 14.0. The molecule has 3 aromatic rings. The summed E-state index contributed by atoms with van der Waals surface area (Å²) in [4.78, 5) is 2.26. The minimum atomic E-state index is 0.0658. The van der Waals surface area contributed by atoms with E-state index in [9.17, 15) is 0 Å². The Hall–Kier alpha value is -3.08. The molecule has 0 fully saturated rings. The van der Waals surface area contributed by atoms with Crippen LogP contribution >= 0.6 is 0 Å². The van der Waals surface area contributed by atoms with E-state index in [2.05, 4.69) is 36.2 Å². The van der Waals surface area contributed by atoms with Crippen molar-refractivity contribution in [3.05, 3.63) is 42.0 Å². The van der Waals surface area contributed by atoms with Crippen LogP contribution in [0.5, 0.6) is 23.0 Å². The van der Waals surface area contributed by atoms with Crippen LogP contribution in [0.2, 0.25) is 0 Å². The molecule has 4 rings (SSSR count). The Balaban J connectivity index is 1.98. The number of hydrogen-bond acceptors (Lipinski definition) is 5. The Kier molecular flexibility index (Phi) is 4.91. The molecular weight excluding hydrogens is 366 g/mol. The molecule has 0 bridgehead atoms. The molecule has 29 heavy (non-hydrogen) atoms. The van der Waals surface area contributed by atoms with Gasteiger partial charge in [-0.15, -0.1) is 0 Å². The summed E-state index contributed by atoms with van der Waals surface area (Å²) in [6, 6.07) is 12.5. The van der Waals surface area contributed by atoms with Crippen molar-refractivity contribution in [3.8, 4) is 34.1 Å². The van der Waals surface area contributed by atoms with Crippen LogP contribution in [0.25, 0.3) is 21.9 Å². The Morgan fingerprint density at radius 1 is 0.828 bits per heavy atom. The lowest BCUT2D eigenvalue weighted by Gasteiger charge is -2.32. The Labute approximate surface area is 171 Å². The first-order valence-electron chi connectivity index (χ1n) is 9.75. The van der Waals surface area contributed by atoms with E-state index in [1.165, 1.54) is 16.8 Å². The third kappa shape index (κ3) is 3.11. The van der Waals surface area contributed by atoms with Crippen molar-refractivity contribution in [1.82, 2.24) is 0 Å². The van der Waals surface area contributed by atoms with Gasteiger partial charge in [-0.3, -0.25) is 0 Å². The van der Waals surface area contributed by atoms with Gasteiger partial charge in [-0.2, -0.15) is 0 Å². The maximum Gasteiger partial charge on any atom is 0.166 e. The minimum absolute atomic E-state index is 0.0658. The molecule has 5 nitrogen and oxygen atoms in total. The summed E-state index contributed by atoms with van der Waals surface area (Å²) < 4.78 is 22.8. The highest BCUT2D eigenvalue weighted by Crippen LogP contribution is 2.49. The van der Waals surface area contributed by atoms with Crippen LogP contribution < -0.4 is 23.8 Å². The molecule has 0 aliphatic carbocycles. The molecular formula is C24H27NO4. The monoisotopic (exact) mass is 393 g/mol. The standard InChI is InChI=1S/C24H27NO4/c1-14(2)29-22-12-18-15(11-21(22)27-5)7-8-17-16-9-10-20(26-4)24(28-6)19(16)13-25(3)23(17)18/h7-12,14H,13H2,1-6H3. The van der Waals surface area contributed by atoms with Gasteiger partial charge in [-0.25, -0.2) is 0 Å². The highest BCUT2D eigenvalue weighted by molar-refractivity contribution is 6.05. The molecule has 0 spiro atoms. The Bertz CT molecular complexity index is 1070. The predicted octanol–water partition coefficient (Wildman–Crippen LogP) is 5.27. The average molecular weight is 393 g/mol. The molecule has 0 aromatic heterocycles. The first kappa shape index (κ1) is 19.2. The van der Waals surface area contributed by atoms with Crippen molar-refractivity contribution >= 4 is 16.5 Å². The number of anilines is 1. The van der Waals surface area contributed by atoms with Crippen molar-refractivity contribution in [2.24, 2.45) is 0 Å². The number of rotatable bonds is 5. The molecule has 0 unspecified atom stereocenters. The van der Waals surface area contributed by atoms with Gasteiger partial charge in [-0.1, -0.05) is 12.1 Å². The molecule has 3 aromatic carbocycles. The lowest BCUT2D eigenvalue weighted by atomic mass is 9.90. The summed E-state index contributed by atoms with van der Waals surface area (Å²) in [7, 11) is 7.14. The maximum atomic E-state index is 6.03. The van der Waals surface area contributed by atoms with Crippen LogP contribution in [0.3, 0.4) is 0 Å². The van der Waals surface area contributed by atoms with E-state index in [0.29, 0.717) is 0 Å². The smallest absolute Gasteiger partial charge is 0.166 e. The normalized spacial score (nSPS) is 12.6. The third-order valence-corrected chi connectivity index (χ3v) is 5.35. The molecule has 152 valence electrons. The van der Waals surface area contributed by atoms with E-state index in [1.807, 2.05) is 26.0 Å². The van der Waals surface area contributed by atoms with E-state index >= 15 is 0 Å². The first-order valence-corrected chi connectivity index (χ1v) is 9.75. The van der Waals surface area contributed by atoms with Gasteiger partial charge in [0.1, 0.15) is 0 Å². The fraction of sp³-hybridized carbons (Fsp3) is 0.333. The lowest BCUT2D eigenvalue weighted by Crippen LogP contribution is -2.22. The second kappa shape index (κ2) is 7.39. The van der Waals surface area contributed by atoms with Crippen molar-refractivity contribution in [1.29, 1.82) is 0 Å². The molecule has 1 aliphatic rings. The van der Waals surface area contributed by atoms with Gasteiger partial charge in [0.25, 0.3) is 0 Å². The van der Waals surface area contributed by atoms with Crippen LogP contribution in [0.4, 0.5) is 5.69 Å². The second-order valence-electron chi connectivity index (χ2n) is 7.54. The highest BCUT2D eigenvalue weighted by atomic mass is 16.5. The third-order valence-electron chi connectivity index (χ3n) is 5.35. The van der Waals surface area contributed by atoms with Crippen LogP contribution in [0.15, 0.2) is 36.4 Å². The number of fused-ring (bicyclic) bond motifs is 5. The number of methoxy groups -OCH3 is 3. The van der Waals surface area contributed by atoms with Crippen LogP contribution in [-0.2, 0) is 6.54 Å². The molecule has 0 atom stereocenters. The van der Waals surface area contributed by atoms with Crippen LogP contribution in [-0.4, -0.2) is 34.5 Å². The minimum Gasteiger partial charge on any atom is -0.493 e. The molecule has 0 radical (unpaired) electrons. The molecule has 0 saturated carbocycles. The Morgan fingerprint density at radius 2 is 1.55 bits per heavy atom. The van der Waals surface area contributed by atoms with E-state index in [4.69, 9.17) is 18.9 Å². The molecule has 5 heteroatoms. The molecule has 0 N–H and O–H groups in total. The van der Waals surface area contributed by atoms with Crippen molar-refractivity contribution < 1.29 is 18.9 Å². The summed E-state index contributed by atoms with van der Waals surface area (Å²) in [5.74, 6) is 3.05. The largest absolute Gasteiger partial charge is 0.493 e. The van der Waals surface area contributed by atoms with Gasteiger partial charge in [0, 0.05) is 30.1 Å². The van der Waals surface area contributed by atoms with Gasteiger partial charge in [0.15, 0.2) is 23.0 Å². The number of hydrogen-bond donors (Lipinski definition) is 0. The number of nitrogens with zero attached hydrogens (tertiary/aromatic N) is 1. The molecule has 1 heterocycles. The summed E-state index contributed by atoms with van der Waals surface area (Å²) in [5.41, 5.74) is 4.65. The lowest BCUT2D eigenvalue weighted by molar-refractivity contribution is 0.230. The van der Waals surface area contributed by atoms with E-state index in [-0.39, 0.29) is 6.10 Å². The van der Waals surface area contributed by atoms with Crippen molar-refractivity contribution in [2.45, 2.75) is 26.5 Å². The van der Waals surface area contributed by atoms with Gasteiger partial charge in [-0.05, 0) is 49.1 Å². The fourth-order valence-electron chi connectivity index (χ4n) is 4.17. The highest BCUT2D eigenvalue weighted by Gasteiger charge is 2.27. The zero-order valence-electron chi connectivity index (χ0n) is 17.8. The van der Waals surface area contributed by atoms with Gasteiger partial charge < -0.3 is 23.8 Å². The van der Waals surface area contributed by atoms with E-state index < -0.39 is 0 Å².